The lowest BCUT2D eigenvalue weighted by Crippen LogP contribution is -2.42. The van der Waals surface area contributed by atoms with Crippen LogP contribution >= 0.6 is 0 Å². The maximum Gasteiger partial charge on any atom is 0.341 e. The quantitative estimate of drug-likeness (QED) is 0.757. The van der Waals surface area contributed by atoms with Gasteiger partial charge in [-0.25, -0.2) is 4.79 Å². The summed E-state index contributed by atoms with van der Waals surface area (Å²) in [6.45, 7) is 7.91. The Morgan fingerprint density at radius 1 is 1.00 bits per heavy atom. The van der Waals surface area contributed by atoms with Crippen molar-refractivity contribution in [2.24, 2.45) is 10.8 Å². The first kappa shape index (κ1) is 21.3. The summed E-state index contributed by atoms with van der Waals surface area (Å²) in [5, 5.41) is 12.4. The van der Waals surface area contributed by atoms with Crippen molar-refractivity contribution in [1.29, 1.82) is 0 Å². The van der Waals surface area contributed by atoms with Gasteiger partial charge in [0.2, 0.25) is 0 Å². The highest BCUT2D eigenvalue weighted by Gasteiger charge is 2.46. The smallest absolute Gasteiger partial charge is 0.341 e. The van der Waals surface area contributed by atoms with Crippen molar-refractivity contribution in [3.63, 3.8) is 0 Å². The first-order chi connectivity index (χ1) is 14.5. The number of carboxylic acid groups (broad SMARTS) is 1. The van der Waals surface area contributed by atoms with E-state index in [0.29, 0.717) is 29.7 Å². The van der Waals surface area contributed by atoms with Crippen molar-refractivity contribution < 1.29 is 24.2 Å². The maximum absolute atomic E-state index is 13.3. The van der Waals surface area contributed by atoms with E-state index < -0.39 is 18.5 Å². The molecule has 6 nitrogen and oxygen atoms in total. The summed E-state index contributed by atoms with van der Waals surface area (Å²) < 4.78 is 5.37. The Balaban J connectivity index is 1.84. The van der Waals surface area contributed by atoms with Crippen LogP contribution in [0.25, 0.3) is 0 Å². The van der Waals surface area contributed by atoms with Crippen LogP contribution in [0.5, 0.6) is 5.75 Å². The Labute approximate surface area is 182 Å². The molecule has 0 fully saturated rings. The number of nitrogens with one attached hydrogen (secondary N) is 1. The van der Waals surface area contributed by atoms with E-state index in [4.69, 9.17) is 9.84 Å². The van der Waals surface area contributed by atoms with Crippen LogP contribution in [0, 0.1) is 10.8 Å². The van der Waals surface area contributed by atoms with Crippen LogP contribution in [-0.2, 0) is 14.4 Å². The largest absolute Gasteiger partial charge is 0.482 e. The molecule has 0 amide bonds. The minimum Gasteiger partial charge on any atom is -0.482 e. The van der Waals surface area contributed by atoms with Crippen LogP contribution in [0.4, 0.5) is 0 Å². The van der Waals surface area contributed by atoms with Crippen molar-refractivity contribution in [3.8, 4) is 5.75 Å². The molecule has 4 rings (SSSR count). The normalized spacial score (nSPS) is 22.6. The van der Waals surface area contributed by atoms with Crippen LogP contribution in [0.15, 0.2) is 46.8 Å². The van der Waals surface area contributed by atoms with Crippen LogP contribution in [0.2, 0.25) is 0 Å². The van der Waals surface area contributed by atoms with E-state index in [1.54, 1.807) is 18.2 Å². The molecule has 0 saturated carbocycles. The molecular weight excluding hydrogens is 394 g/mol. The summed E-state index contributed by atoms with van der Waals surface area (Å²) in [4.78, 5) is 37.5. The molecule has 0 radical (unpaired) electrons. The zero-order chi connectivity index (χ0) is 22.6. The molecular formula is C25H29NO5. The van der Waals surface area contributed by atoms with Crippen molar-refractivity contribution in [2.75, 3.05) is 6.61 Å². The number of aliphatic carboxylic acids is 1. The van der Waals surface area contributed by atoms with Gasteiger partial charge in [0.25, 0.3) is 0 Å². The van der Waals surface area contributed by atoms with Gasteiger partial charge in [0.1, 0.15) is 5.75 Å². The summed E-state index contributed by atoms with van der Waals surface area (Å²) >= 11 is 0. The molecule has 0 atom stereocenters. The van der Waals surface area contributed by atoms with E-state index in [2.05, 4.69) is 33.0 Å². The lowest BCUT2D eigenvalue weighted by molar-refractivity contribution is -0.139. The minimum absolute atomic E-state index is 0.0600. The van der Waals surface area contributed by atoms with Gasteiger partial charge in [0.15, 0.2) is 18.2 Å². The van der Waals surface area contributed by atoms with E-state index in [1.807, 2.05) is 6.07 Å². The van der Waals surface area contributed by atoms with E-state index in [9.17, 15) is 14.4 Å². The van der Waals surface area contributed by atoms with Crippen LogP contribution in [-0.4, -0.2) is 29.2 Å². The van der Waals surface area contributed by atoms with E-state index in [-0.39, 0.29) is 22.4 Å². The minimum atomic E-state index is -1.06. The Morgan fingerprint density at radius 3 is 2.06 bits per heavy atom. The SMILES string of the molecule is CC1(C)CC(=O)C2=C(C1)NC1=C(C(=O)CC(C)(C)C1)C2c1cccc(OCC(=O)O)c1. The number of carbonyl (C=O) groups is 3. The second-order valence-electron chi connectivity index (χ2n) is 10.5. The Hall–Kier alpha value is -2.89. The van der Waals surface area contributed by atoms with Gasteiger partial charge in [-0.15, -0.1) is 0 Å². The predicted octanol–water partition coefficient (Wildman–Crippen LogP) is 4.12. The summed E-state index contributed by atoms with van der Waals surface area (Å²) in [5.41, 5.74) is 3.64. The van der Waals surface area contributed by atoms with Gasteiger partial charge < -0.3 is 15.2 Å². The van der Waals surface area contributed by atoms with Crippen molar-refractivity contribution >= 4 is 17.5 Å². The molecule has 164 valence electrons. The summed E-state index contributed by atoms with van der Waals surface area (Å²) in [6.07, 6.45) is 2.35. The third-order valence-electron chi connectivity index (χ3n) is 6.27. The lowest BCUT2D eigenvalue weighted by atomic mass is 9.64. The molecule has 6 heteroatoms. The first-order valence-electron chi connectivity index (χ1n) is 10.7. The number of dihydropyridines is 1. The topological polar surface area (TPSA) is 92.7 Å². The second-order valence-corrected chi connectivity index (χ2v) is 10.5. The fourth-order valence-electron chi connectivity index (χ4n) is 5.15. The van der Waals surface area contributed by atoms with Gasteiger partial charge >= 0.3 is 5.97 Å². The number of ketones is 2. The first-order valence-corrected chi connectivity index (χ1v) is 10.7. The number of carboxylic acids is 1. The van der Waals surface area contributed by atoms with Gasteiger partial charge in [-0.1, -0.05) is 39.8 Å². The number of ether oxygens (including phenoxy) is 1. The fourth-order valence-corrected chi connectivity index (χ4v) is 5.15. The number of carbonyl (C=O) groups excluding carboxylic acids is 2. The van der Waals surface area contributed by atoms with Crippen LogP contribution in [0.1, 0.15) is 64.9 Å². The molecule has 0 unspecified atom stereocenters. The zero-order valence-corrected chi connectivity index (χ0v) is 18.5. The molecule has 1 aliphatic heterocycles. The molecule has 2 aliphatic carbocycles. The van der Waals surface area contributed by atoms with Crippen LogP contribution < -0.4 is 10.1 Å². The summed E-state index contributed by atoms with van der Waals surface area (Å²) in [6, 6.07) is 7.12. The molecule has 1 aromatic rings. The number of hydrogen-bond donors (Lipinski definition) is 2. The van der Waals surface area contributed by atoms with Gasteiger partial charge in [0, 0.05) is 41.3 Å². The standard InChI is InChI=1S/C25H29NO5/c1-24(2)9-16-22(18(27)11-24)21(14-6-5-7-15(8-14)31-13-20(29)30)23-17(26-16)10-25(3,4)12-19(23)28/h5-8,21,26H,9-13H2,1-4H3,(H,29,30). The van der Waals surface area contributed by atoms with E-state index >= 15 is 0 Å². The maximum atomic E-state index is 13.3. The van der Waals surface area contributed by atoms with E-state index in [0.717, 1.165) is 29.8 Å². The Morgan fingerprint density at radius 2 is 1.55 bits per heavy atom. The van der Waals surface area contributed by atoms with Gasteiger partial charge in [-0.05, 0) is 41.4 Å². The monoisotopic (exact) mass is 423 g/mol. The molecule has 31 heavy (non-hydrogen) atoms. The molecule has 3 aliphatic rings. The van der Waals surface area contributed by atoms with E-state index in [1.165, 1.54) is 0 Å². The number of Topliss-reactive ketones (excluding diaryl/α,β-unsaturated/α-hetero) is 2. The molecule has 0 bridgehead atoms. The predicted molar refractivity (Wildman–Crippen MR) is 116 cm³/mol. The van der Waals surface area contributed by atoms with Gasteiger partial charge in [-0.2, -0.15) is 0 Å². The number of hydrogen-bond acceptors (Lipinski definition) is 5. The summed E-state index contributed by atoms with van der Waals surface area (Å²) in [5.74, 6) is -0.979. The lowest BCUT2D eigenvalue weighted by Gasteiger charge is -2.44. The summed E-state index contributed by atoms with van der Waals surface area (Å²) in [7, 11) is 0. The number of benzene rings is 1. The molecule has 0 saturated heterocycles. The zero-order valence-electron chi connectivity index (χ0n) is 18.5. The third kappa shape index (κ3) is 4.16. The molecule has 0 aromatic heterocycles. The average Bonchev–Trinajstić information content (AvgIpc) is 2.63. The van der Waals surface area contributed by atoms with Crippen molar-refractivity contribution in [3.05, 3.63) is 52.4 Å². The number of rotatable bonds is 4. The Bertz CT molecular complexity index is 992. The average molecular weight is 424 g/mol. The highest BCUT2D eigenvalue weighted by Crippen LogP contribution is 2.51. The third-order valence-corrected chi connectivity index (χ3v) is 6.27. The fraction of sp³-hybridized carbons (Fsp3) is 0.480. The van der Waals surface area contributed by atoms with Crippen LogP contribution in [0.3, 0.4) is 0 Å². The highest BCUT2D eigenvalue weighted by molar-refractivity contribution is 6.06. The molecule has 1 heterocycles. The van der Waals surface area contributed by atoms with Gasteiger partial charge in [-0.3, -0.25) is 9.59 Å². The van der Waals surface area contributed by atoms with Crippen molar-refractivity contribution in [1.82, 2.24) is 5.32 Å². The molecule has 1 aromatic carbocycles. The Kier molecular flexibility index (Phi) is 5.07. The van der Waals surface area contributed by atoms with Crippen molar-refractivity contribution in [2.45, 2.75) is 59.3 Å². The number of allylic oxidation sites excluding steroid dienone is 4. The highest BCUT2D eigenvalue weighted by atomic mass is 16.5. The van der Waals surface area contributed by atoms with Gasteiger partial charge in [0.05, 0.1) is 0 Å². The molecule has 0 spiro atoms. The molecule has 2 N–H and O–H groups in total. The second kappa shape index (κ2) is 7.36.